The van der Waals surface area contributed by atoms with Crippen molar-refractivity contribution in [3.8, 4) is 11.4 Å². The number of nitrogens with one attached hydrogen (secondary N) is 2. The average Bonchev–Trinajstić information content (AvgIpc) is 2.65. The van der Waals surface area contributed by atoms with Crippen molar-refractivity contribution in [1.29, 1.82) is 0 Å². The van der Waals surface area contributed by atoms with Gasteiger partial charge in [-0.25, -0.2) is 4.98 Å². The van der Waals surface area contributed by atoms with Crippen molar-refractivity contribution in [2.75, 3.05) is 10.6 Å². The normalized spacial score (nSPS) is 11.9. The van der Waals surface area contributed by atoms with Gasteiger partial charge in [0, 0.05) is 28.5 Å². The van der Waals surface area contributed by atoms with Gasteiger partial charge in [-0.15, -0.1) is 0 Å². The van der Waals surface area contributed by atoms with E-state index in [0.717, 1.165) is 44.9 Å². The summed E-state index contributed by atoms with van der Waals surface area (Å²) in [5.74, 6) is 1.34. The number of benzene rings is 1. The van der Waals surface area contributed by atoms with Crippen LogP contribution in [0.5, 0.6) is 0 Å². The SMILES string of the molecule is CC[C@@H](C)Nc1nc(Nc2c(C)cc(Br)cc2C)cc(-c2ccccn2)n1. The molecule has 0 spiro atoms. The molecule has 6 heteroatoms. The van der Waals surface area contributed by atoms with Crippen molar-refractivity contribution in [3.63, 3.8) is 0 Å². The van der Waals surface area contributed by atoms with Gasteiger partial charge in [0.25, 0.3) is 0 Å². The summed E-state index contributed by atoms with van der Waals surface area (Å²) < 4.78 is 1.07. The minimum Gasteiger partial charge on any atom is -0.352 e. The summed E-state index contributed by atoms with van der Waals surface area (Å²) in [5.41, 5.74) is 4.96. The lowest BCUT2D eigenvalue weighted by atomic mass is 10.1. The van der Waals surface area contributed by atoms with Gasteiger partial charge >= 0.3 is 0 Å². The molecule has 1 atom stereocenters. The molecular formula is C21H24BrN5. The zero-order valence-corrected chi connectivity index (χ0v) is 17.6. The fourth-order valence-electron chi connectivity index (χ4n) is 2.78. The molecule has 0 bridgehead atoms. The Morgan fingerprint density at radius 2 is 1.78 bits per heavy atom. The fraction of sp³-hybridized carbons (Fsp3) is 0.286. The first kappa shape index (κ1) is 19.3. The predicted octanol–water partition coefficient (Wildman–Crippen LogP) is 5.87. The molecule has 2 heterocycles. The van der Waals surface area contributed by atoms with Gasteiger partial charge in [0.1, 0.15) is 5.82 Å². The Morgan fingerprint density at radius 1 is 1.04 bits per heavy atom. The second-order valence-electron chi connectivity index (χ2n) is 6.67. The molecule has 1 aromatic carbocycles. The fourth-order valence-corrected chi connectivity index (χ4v) is 3.47. The van der Waals surface area contributed by atoms with Crippen LogP contribution in [0.2, 0.25) is 0 Å². The van der Waals surface area contributed by atoms with Crippen molar-refractivity contribution in [2.24, 2.45) is 0 Å². The van der Waals surface area contributed by atoms with Crippen molar-refractivity contribution < 1.29 is 0 Å². The Labute approximate surface area is 168 Å². The number of hydrogen-bond donors (Lipinski definition) is 2. The number of pyridine rings is 1. The van der Waals surface area contributed by atoms with Crippen LogP contribution in [0.15, 0.2) is 47.1 Å². The van der Waals surface area contributed by atoms with E-state index in [9.17, 15) is 0 Å². The predicted molar refractivity (Wildman–Crippen MR) is 116 cm³/mol. The second-order valence-corrected chi connectivity index (χ2v) is 7.59. The molecule has 0 aliphatic rings. The lowest BCUT2D eigenvalue weighted by molar-refractivity contribution is 0.753. The van der Waals surface area contributed by atoms with E-state index in [1.807, 2.05) is 24.3 Å². The highest BCUT2D eigenvalue weighted by Gasteiger charge is 2.12. The minimum absolute atomic E-state index is 0.285. The summed E-state index contributed by atoms with van der Waals surface area (Å²) in [4.78, 5) is 13.8. The number of anilines is 3. The lowest BCUT2D eigenvalue weighted by Crippen LogP contribution is -2.16. The molecule has 140 valence electrons. The number of halogens is 1. The van der Waals surface area contributed by atoms with E-state index in [2.05, 4.69) is 81.3 Å². The van der Waals surface area contributed by atoms with Crippen LogP contribution < -0.4 is 10.6 Å². The van der Waals surface area contributed by atoms with Gasteiger partial charge in [-0.05, 0) is 62.6 Å². The second kappa shape index (κ2) is 8.48. The third-order valence-electron chi connectivity index (χ3n) is 4.39. The Kier molecular flexibility index (Phi) is 6.06. The number of aromatic nitrogens is 3. The molecule has 0 aliphatic carbocycles. The van der Waals surface area contributed by atoms with Gasteiger partial charge in [-0.1, -0.05) is 28.9 Å². The topological polar surface area (TPSA) is 62.7 Å². The summed E-state index contributed by atoms with van der Waals surface area (Å²) in [5, 5.41) is 6.84. The maximum Gasteiger partial charge on any atom is 0.225 e. The largest absolute Gasteiger partial charge is 0.352 e. The van der Waals surface area contributed by atoms with E-state index in [1.165, 1.54) is 0 Å². The first-order chi connectivity index (χ1) is 13.0. The maximum atomic E-state index is 4.67. The molecule has 0 radical (unpaired) electrons. The third-order valence-corrected chi connectivity index (χ3v) is 4.85. The molecule has 0 amide bonds. The molecule has 0 saturated heterocycles. The Morgan fingerprint density at radius 3 is 2.41 bits per heavy atom. The number of aryl methyl sites for hydroxylation is 2. The molecular weight excluding hydrogens is 402 g/mol. The monoisotopic (exact) mass is 425 g/mol. The lowest BCUT2D eigenvalue weighted by Gasteiger charge is -2.16. The van der Waals surface area contributed by atoms with Gasteiger partial charge in [-0.3, -0.25) is 4.98 Å². The quantitative estimate of drug-likeness (QED) is 0.516. The molecule has 3 aromatic rings. The minimum atomic E-state index is 0.285. The molecule has 27 heavy (non-hydrogen) atoms. The highest BCUT2D eigenvalue weighted by atomic mass is 79.9. The van der Waals surface area contributed by atoms with Gasteiger partial charge < -0.3 is 10.6 Å². The molecule has 3 rings (SSSR count). The van der Waals surface area contributed by atoms with Crippen LogP contribution in [-0.2, 0) is 0 Å². The summed E-state index contributed by atoms with van der Waals surface area (Å²) in [6.45, 7) is 8.42. The van der Waals surface area contributed by atoms with E-state index in [4.69, 9.17) is 0 Å². The van der Waals surface area contributed by atoms with Crippen molar-refractivity contribution in [1.82, 2.24) is 15.0 Å². The Bertz CT molecular complexity index is 904. The Hall–Kier alpha value is -2.47. The molecule has 2 N–H and O–H groups in total. The first-order valence-electron chi connectivity index (χ1n) is 9.07. The van der Waals surface area contributed by atoms with Crippen LogP contribution in [0.3, 0.4) is 0 Å². The van der Waals surface area contributed by atoms with Crippen LogP contribution in [0.4, 0.5) is 17.5 Å². The molecule has 2 aromatic heterocycles. The first-order valence-corrected chi connectivity index (χ1v) is 9.86. The average molecular weight is 426 g/mol. The maximum absolute atomic E-state index is 4.67. The number of nitrogens with zero attached hydrogens (tertiary/aromatic N) is 3. The summed E-state index contributed by atoms with van der Waals surface area (Å²) in [6.07, 6.45) is 2.76. The number of hydrogen-bond acceptors (Lipinski definition) is 5. The van der Waals surface area contributed by atoms with E-state index in [0.29, 0.717) is 5.95 Å². The zero-order valence-electron chi connectivity index (χ0n) is 16.0. The smallest absolute Gasteiger partial charge is 0.225 e. The Balaban J connectivity index is 2.02. The van der Waals surface area contributed by atoms with Gasteiger partial charge in [0.15, 0.2) is 0 Å². The summed E-state index contributed by atoms with van der Waals surface area (Å²) in [7, 11) is 0. The third kappa shape index (κ3) is 4.83. The molecule has 0 aliphatic heterocycles. The van der Waals surface area contributed by atoms with Crippen LogP contribution in [-0.4, -0.2) is 21.0 Å². The van der Waals surface area contributed by atoms with Crippen LogP contribution >= 0.6 is 15.9 Å². The molecule has 5 nitrogen and oxygen atoms in total. The standard InChI is InChI=1S/C21H24BrN5/c1-5-15(4)24-21-25-18(17-8-6-7-9-23-17)12-19(27-21)26-20-13(2)10-16(22)11-14(20)3/h6-12,15H,5H2,1-4H3,(H2,24,25,26,27)/t15-/m1/s1. The van der Waals surface area contributed by atoms with E-state index < -0.39 is 0 Å². The molecule has 0 saturated carbocycles. The summed E-state index contributed by atoms with van der Waals surface area (Å²) in [6, 6.07) is 12.2. The van der Waals surface area contributed by atoms with Gasteiger partial charge in [0.05, 0.1) is 11.4 Å². The van der Waals surface area contributed by atoms with Crippen molar-refractivity contribution >= 4 is 33.4 Å². The molecule has 0 fully saturated rings. The zero-order chi connectivity index (χ0) is 19.4. The number of rotatable bonds is 6. The van der Waals surface area contributed by atoms with E-state index >= 15 is 0 Å². The van der Waals surface area contributed by atoms with Gasteiger partial charge in [0.2, 0.25) is 5.95 Å². The van der Waals surface area contributed by atoms with E-state index in [1.54, 1.807) is 6.20 Å². The van der Waals surface area contributed by atoms with Crippen LogP contribution in [0, 0.1) is 13.8 Å². The highest BCUT2D eigenvalue weighted by Crippen LogP contribution is 2.29. The van der Waals surface area contributed by atoms with Gasteiger partial charge in [-0.2, -0.15) is 4.98 Å². The van der Waals surface area contributed by atoms with Crippen LogP contribution in [0.1, 0.15) is 31.4 Å². The van der Waals surface area contributed by atoms with E-state index in [-0.39, 0.29) is 6.04 Å². The van der Waals surface area contributed by atoms with Crippen LogP contribution in [0.25, 0.3) is 11.4 Å². The van der Waals surface area contributed by atoms with Crippen molar-refractivity contribution in [2.45, 2.75) is 40.2 Å². The molecule has 0 unspecified atom stereocenters. The summed E-state index contributed by atoms with van der Waals surface area (Å²) >= 11 is 3.55. The highest BCUT2D eigenvalue weighted by molar-refractivity contribution is 9.10. The van der Waals surface area contributed by atoms with Crippen molar-refractivity contribution in [3.05, 3.63) is 58.2 Å².